The molecule has 0 unspecified atom stereocenters. The van der Waals surface area contributed by atoms with Gasteiger partial charge in [-0.25, -0.2) is 4.39 Å². The summed E-state index contributed by atoms with van der Waals surface area (Å²) in [7, 11) is 0. The van der Waals surface area contributed by atoms with Crippen LogP contribution in [0.4, 0.5) is 10.1 Å². The minimum Gasteiger partial charge on any atom is -0.361 e. The van der Waals surface area contributed by atoms with Crippen LogP contribution in [0.2, 0.25) is 0 Å². The van der Waals surface area contributed by atoms with Crippen molar-refractivity contribution in [3.8, 4) is 0 Å². The minimum atomic E-state index is -0.426. The van der Waals surface area contributed by atoms with Crippen LogP contribution in [-0.4, -0.2) is 16.8 Å². The van der Waals surface area contributed by atoms with E-state index in [0.29, 0.717) is 5.75 Å². The maximum Gasteiger partial charge on any atom is 0.234 e. The molecule has 1 amide bonds. The molecular weight excluding hydrogens is 291 g/mol. The fourth-order valence-electron chi connectivity index (χ4n) is 1.87. The molecule has 1 aromatic carbocycles. The van der Waals surface area contributed by atoms with Crippen molar-refractivity contribution in [3.63, 3.8) is 0 Å². The van der Waals surface area contributed by atoms with Crippen LogP contribution in [0.3, 0.4) is 0 Å². The Bertz CT molecular complexity index is 636. The van der Waals surface area contributed by atoms with E-state index in [-0.39, 0.29) is 17.3 Å². The van der Waals surface area contributed by atoms with Crippen molar-refractivity contribution in [2.45, 2.75) is 26.5 Å². The van der Waals surface area contributed by atoms with E-state index in [0.717, 1.165) is 22.6 Å². The zero-order valence-corrected chi connectivity index (χ0v) is 13.0. The van der Waals surface area contributed by atoms with Crippen molar-refractivity contribution in [2.24, 2.45) is 0 Å². The molecule has 1 aromatic heterocycles. The normalized spacial score (nSPS) is 10.7. The van der Waals surface area contributed by atoms with Gasteiger partial charge in [-0.3, -0.25) is 4.79 Å². The van der Waals surface area contributed by atoms with Gasteiger partial charge in [0.25, 0.3) is 0 Å². The summed E-state index contributed by atoms with van der Waals surface area (Å²) in [6, 6.07) is 4.63. The van der Waals surface area contributed by atoms with Gasteiger partial charge in [0.05, 0.1) is 17.1 Å². The van der Waals surface area contributed by atoms with Crippen molar-refractivity contribution >= 4 is 23.4 Å². The lowest BCUT2D eigenvalue weighted by atomic mass is 10.2. The van der Waals surface area contributed by atoms with Gasteiger partial charge in [0, 0.05) is 11.3 Å². The van der Waals surface area contributed by atoms with Gasteiger partial charge >= 0.3 is 0 Å². The highest BCUT2D eigenvalue weighted by atomic mass is 32.2. The number of anilines is 1. The summed E-state index contributed by atoms with van der Waals surface area (Å²) in [6.45, 7) is 5.56. The van der Waals surface area contributed by atoms with Crippen LogP contribution in [0, 0.1) is 26.6 Å². The molecule has 0 aliphatic rings. The Labute approximate surface area is 127 Å². The molecule has 0 bridgehead atoms. The molecule has 0 fully saturated rings. The first-order chi connectivity index (χ1) is 9.97. The molecule has 0 saturated heterocycles. The fourth-order valence-corrected chi connectivity index (χ4v) is 2.85. The standard InChI is InChI=1S/C15H17FN2O2S/c1-9-4-5-13(16)14(6-9)17-15(19)8-21-7-12-10(2)18-20-11(12)3/h4-6H,7-8H2,1-3H3,(H,17,19). The Morgan fingerprint density at radius 3 is 2.81 bits per heavy atom. The third-order valence-electron chi connectivity index (χ3n) is 3.06. The number of nitrogens with zero attached hydrogens (tertiary/aromatic N) is 1. The Morgan fingerprint density at radius 1 is 1.38 bits per heavy atom. The van der Waals surface area contributed by atoms with Crippen molar-refractivity contribution in [1.29, 1.82) is 0 Å². The Hall–Kier alpha value is -1.82. The highest BCUT2D eigenvalue weighted by molar-refractivity contribution is 7.99. The average Bonchev–Trinajstić information content (AvgIpc) is 2.74. The lowest BCUT2D eigenvalue weighted by Gasteiger charge is -2.07. The highest BCUT2D eigenvalue weighted by Gasteiger charge is 2.11. The number of carbonyl (C=O) groups excluding carboxylic acids is 1. The summed E-state index contributed by atoms with van der Waals surface area (Å²) in [5, 5.41) is 6.45. The predicted molar refractivity (Wildman–Crippen MR) is 81.9 cm³/mol. The molecule has 1 heterocycles. The van der Waals surface area contributed by atoms with Gasteiger partial charge in [-0.2, -0.15) is 0 Å². The van der Waals surface area contributed by atoms with Crippen LogP contribution in [0.5, 0.6) is 0 Å². The number of hydrogen-bond acceptors (Lipinski definition) is 4. The molecule has 1 N–H and O–H groups in total. The number of benzene rings is 1. The molecule has 2 aromatic rings. The highest BCUT2D eigenvalue weighted by Crippen LogP contribution is 2.20. The zero-order valence-electron chi connectivity index (χ0n) is 12.2. The quantitative estimate of drug-likeness (QED) is 0.916. The third kappa shape index (κ3) is 4.07. The van der Waals surface area contributed by atoms with Crippen LogP contribution < -0.4 is 5.32 Å². The molecule has 0 aliphatic heterocycles. The lowest BCUT2D eigenvalue weighted by Crippen LogP contribution is -2.15. The van der Waals surface area contributed by atoms with Gasteiger partial charge < -0.3 is 9.84 Å². The molecular formula is C15H17FN2O2S. The SMILES string of the molecule is Cc1ccc(F)c(NC(=O)CSCc2c(C)noc2C)c1. The van der Waals surface area contributed by atoms with Crippen molar-refractivity contribution < 1.29 is 13.7 Å². The van der Waals surface area contributed by atoms with E-state index in [9.17, 15) is 9.18 Å². The van der Waals surface area contributed by atoms with Gasteiger partial charge in [0.1, 0.15) is 11.6 Å². The molecule has 0 aliphatic carbocycles. The number of thioether (sulfide) groups is 1. The molecule has 0 saturated carbocycles. The average molecular weight is 308 g/mol. The molecule has 21 heavy (non-hydrogen) atoms. The monoisotopic (exact) mass is 308 g/mol. The van der Waals surface area contributed by atoms with E-state index < -0.39 is 5.82 Å². The molecule has 4 nitrogen and oxygen atoms in total. The second-order valence-corrected chi connectivity index (χ2v) is 5.81. The fraction of sp³-hybridized carbons (Fsp3) is 0.333. The summed E-state index contributed by atoms with van der Waals surface area (Å²) < 4.78 is 18.6. The van der Waals surface area contributed by atoms with E-state index in [4.69, 9.17) is 4.52 Å². The van der Waals surface area contributed by atoms with Gasteiger partial charge in [-0.1, -0.05) is 11.2 Å². The lowest BCUT2D eigenvalue weighted by molar-refractivity contribution is -0.113. The van der Waals surface area contributed by atoms with Gasteiger partial charge in [0.15, 0.2) is 0 Å². The van der Waals surface area contributed by atoms with Crippen LogP contribution in [0.1, 0.15) is 22.6 Å². The summed E-state index contributed by atoms with van der Waals surface area (Å²) in [4.78, 5) is 11.8. The van der Waals surface area contributed by atoms with E-state index in [2.05, 4.69) is 10.5 Å². The van der Waals surface area contributed by atoms with Gasteiger partial charge in [-0.15, -0.1) is 11.8 Å². The number of rotatable bonds is 5. The van der Waals surface area contributed by atoms with E-state index >= 15 is 0 Å². The number of halogens is 1. The largest absolute Gasteiger partial charge is 0.361 e. The van der Waals surface area contributed by atoms with Crippen molar-refractivity contribution in [1.82, 2.24) is 5.16 Å². The second-order valence-electron chi connectivity index (χ2n) is 4.83. The molecule has 2 rings (SSSR count). The molecule has 0 radical (unpaired) electrons. The van der Waals surface area contributed by atoms with E-state index in [1.54, 1.807) is 12.1 Å². The van der Waals surface area contributed by atoms with Crippen molar-refractivity contribution in [2.75, 3.05) is 11.1 Å². The van der Waals surface area contributed by atoms with Crippen LogP contribution in [0.15, 0.2) is 22.7 Å². The molecule has 6 heteroatoms. The number of aryl methyl sites for hydroxylation is 3. The summed E-state index contributed by atoms with van der Waals surface area (Å²) in [6.07, 6.45) is 0. The second kappa shape index (κ2) is 6.76. The Kier molecular flexibility index (Phi) is 5.01. The molecule has 0 atom stereocenters. The predicted octanol–water partition coefficient (Wildman–Crippen LogP) is 3.61. The number of hydrogen-bond donors (Lipinski definition) is 1. The first kappa shape index (κ1) is 15.6. The van der Waals surface area contributed by atoms with Gasteiger partial charge in [-0.05, 0) is 38.5 Å². The first-order valence-corrected chi connectivity index (χ1v) is 7.68. The van der Waals surface area contributed by atoms with Crippen LogP contribution >= 0.6 is 11.8 Å². The topological polar surface area (TPSA) is 55.1 Å². The Morgan fingerprint density at radius 2 is 2.14 bits per heavy atom. The molecule has 112 valence electrons. The van der Waals surface area contributed by atoms with E-state index in [1.807, 2.05) is 20.8 Å². The minimum absolute atomic E-state index is 0.220. The smallest absolute Gasteiger partial charge is 0.234 e. The third-order valence-corrected chi connectivity index (χ3v) is 4.02. The number of aromatic nitrogens is 1. The number of nitrogens with one attached hydrogen (secondary N) is 1. The Balaban J connectivity index is 1.87. The number of carbonyl (C=O) groups is 1. The zero-order chi connectivity index (χ0) is 15.4. The molecule has 0 spiro atoms. The maximum atomic E-state index is 13.5. The van der Waals surface area contributed by atoms with Gasteiger partial charge in [0.2, 0.25) is 5.91 Å². The maximum absolute atomic E-state index is 13.5. The summed E-state index contributed by atoms with van der Waals surface area (Å²) in [5.41, 5.74) is 2.97. The summed E-state index contributed by atoms with van der Waals surface area (Å²) in [5.74, 6) is 1.01. The first-order valence-electron chi connectivity index (χ1n) is 6.53. The number of amides is 1. The van der Waals surface area contributed by atoms with E-state index in [1.165, 1.54) is 17.8 Å². The summed E-state index contributed by atoms with van der Waals surface area (Å²) >= 11 is 1.44. The van der Waals surface area contributed by atoms with Crippen LogP contribution in [-0.2, 0) is 10.5 Å². The van der Waals surface area contributed by atoms with Crippen LogP contribution in [0.25, 0.3) is 0 Å². The van der Waals surface area contributed by atoms with Crippen molar-refractivity contribution in [3.05, 3.63) is 46.6 Å².